The lowest BCUT2D eigenvalue weighted by molar-refractivity contribution is 0.0952. The van der Waals surface area contributed by atoms with E-state index in [2.05, 4.69) is 0 Å². The number of carbonyl (C=O) groups excluding carboxylic acids is 2. The van der Waals surface area contributed by atoms with Crippen molar-refractivity contribution in [1.82, 2.24) is 0 Å². The maximum atomic E-state index is 13.4. The molecule has 0 aliphatic rings. The first kappa shape index (κ1) is 23.9. The minimum absolute atomic E-state index is 0.0914. The number of rotatable bonds is 10. The summed E-state index contributed by atoms with van der Waals surface area (Å²) < 4.78 is 10.9. The Bertz CT molecular complexity index is 1210. The van der Waals surface area contributed by atoms with Gasteiger partial charge in [0.05, 0.1) is 0 Å². The minimum atomic E-state index is -0.583. The standard InChI is InChI=1S/C29H24O6/c30-18-34-26-15-7-13-22(28(32)20-9-3-1-4-10-20)24(26)17-25-23(14-8-16-27(25)35-19-31)29(33)21-11-5-2-6-12-21/h1-16,30-31H,17-19H2. The van der Waals surface area contributed by atoms with Crippen LogP contribution in [0.2, 0.25) is 0 Å². The summed E-state index contributed by atoms with van der Waals surface area (Å²) in [7, 11) is 0. The van der Waals surface area contributed by atoms with Gasteiger partial charge in [-0.2, -0.15) is 0 Å². The lowest BCUT2D eigenvalue weighted by atomic mass is 9.89. The smallest absolute Gasteiger partial charge is 0.193 e. The van der Waals surface area contributed by atoms with Crippen LogP contribution in [0.25, 0.3) is 0 Å². The Morgan fingerprint density at radius 3 is 1.31 bits per heavy atom. The van der Waals surface area contributed by atoms with E-state index in [1.807, 2.05) is 12.1 Å². The molecule has 4 aromatic rings. The number of carbonyl (C=O) groups is 2. The summed E-state index contributed by atoms with van der Waals surface area (Å²) in [5, 5.41) is 18.9. The summed E-state index contributed by atoms with van der Waals surface area (Å²) in [5.74, 6) is 0.179. The topological polar surface area (TPSA) is 93.1 Å². The summed E-state index contributed by atoms with van der Waals surface area (Å²) in [4.78, 5) is 26.8. The van der Waals surface area contributed by atoms with Crippen molar-refractivity contribution < 1.29 is 29.3 Å². The Labute approximate surface area is 203 Å². The Hall–Kier alpha value is -4.26. The monoisotopic (exact) mass is 468 g/mol. The highest BCUT2D eigenvalue weighted by atomic mass is 16.6. The molecule has 4 aromatic carbocycles. The molecule has 35 heavy (non-hydrogen) atoms. The first-order valence-corrected chi connectivity index (χ1v) is 11.0. The zero-order chi connectivity index (χ0) is 24.6. The van der Waals surface area contributed by atoms with Gasteiger partial charge >= 0.3 is 0 Å². The van der Waals surface area contributed by atoms with E-state index in [1.165, 1.54) is 0 Å². The highest BCUT2D eigenvalue weighted by molar-refractivity contribution is 6.11. The Kier molecular flexibility index (Phi) is 7.67. The maximum Gasteiger partial charge on any atom is 0.193 e. The predicted molar refractivity (Wildman–Crippen MR) is 131 cm³/mol. The summed E-state index contributed by atoms with van der Waals surface area (Å²) >= 11 is 0. The van der Waals surface area contributed by atoms with Gasteiger partial charge in [0.1, 0.15) is 11.5 Å². The molecular weight excluding hydrogens is 444 g/mol. The lowest BCUT2D eigenvalue weighted by Gasteiger charge is -2.18. The molecule has 4 rings (SSSR count). The van der Waals surface area contributed by atoms with Crippen molar-refractivity contribution in [2.45, 2.75) is 6.42 Å². The third kappa shape index (κ3) is 5.30. The number of ketones is 2. The summed E-state index contributed by atoms with van der Waals surface area (Å²) in [5.41, 5.74) is 2.72. The van der Waals surface area contributed by atoms with Crippen LogP contribution < -0.4 is 9.47 Å². The summed E-state index contributed by atoms with van der Waals surface area (Å²) in [6.07, 6.45) is 0.0914. The fraction of sp³-hybridized carbons (Fsp3) is 0.103. The molecule has 0 heterocycles. The average molecular weight is 469 g/mol. The first-order chi connectivity index (χ1) is 17.1. The largest absolute Gasteiger partial charge is 0.467 e. The van der Waals surface area contributed by atoms with Gasteiger partial charge in [0, 0.05) is 39.8 Å². The summed E-state index contributed by atoms with van der Waals surface area (Å²) in [6, 6.07) is 27.7. The van der Waals surface area contributed by atoms with Crippen molar-refractivity contribution in [3.8, 4) is 11.5 Å². The first-order valence-electron chi connectivity index (χ1n) is 11.0. The zero-order valence-corrected chi connectivity index (χ0v) is 18.9. The lowest BCUT2D eigenvalue weighted by Crippen LogP contribution is -2.13. The van der Waals surface area contributed by atoms with E-state index in [0.29, 0.717) is 44.9 Å². The van der Waals surface area contributed by atoms with Crippen LogP contribution in [-0.4, -0.2) is 35.4 Å². The van der Waals surface area contributed by atoms with E-state index in [9.17, 15) is 19.8 Å². The van der Waals surface area contributed by atoms with Crippen LogP contribution in [0.15, 0.2) is 97.1 Å². The summed E-state index contributed by atoms with van der Waals surface area (Å²) in [6.45, 7) is -1.17. The number of benzene rings is 4. The second-order valence-corrected chi connectivity index (χ2v) is 7.68. The fourth-order valence-electron chi connectivity index (χ4n) is 4.00. The molecule has 6 nitrogen and oxygen atoms in total. The molecular formula is C29H24O6. The van der Waals surface area contributed by atoms with Crippen LogP contribution in [0.5, 0.6) is 11.5 Å². The third-order valence-corrected chi connectivity index (χ3v) is 5.62. The van der Waals surface area contributed by atoms with Crippen molar-refractivity contribution in [2.24, 2.45) is 0 Å². The molecule has 176 valence electrons. The SMILES string of the molecule is O=C(c1ccccc1)c1cccc(OCO)c1Cc1c(OCO)cccc1C(=O)c1ccccc1. The van der Waals surface area contributed by atoms with E-state index in [-0.39, 0.29) is 18.0 Å². The molecule has 0 amide bonds. The van der Waals surface area contributed by atoms with Gasteiger partial charge in [-0.15, -0.1) is 0 Å². The van der Waals surface area contributed by atoms with Crippen LogP contribution >= 0.6 is 0 Å². The molecule has 0 spiro atoms. The average Bonchev–Trinajstić information content (AvgIpc) is 2.91. The normalized spacial score (nSPS) is 10.6. The molecule has 0 radical (unpaired) electrons. The number of aliphatic hydroxyl groups is 2. The van der Waals surface area contributed by atoms with Crippen LogP contribution in [0.4, 0.5) is 0 Å². The number of hydrogen-bond donors (Lipinski definition) is 2. The van der Waals surface area contributed by atoms with Crippen LogP contribution in [0, 0.1) is 0 Å². The molecule has 0 saturated carbocycles. The van der Waals surface area contributed by atoms with Crippen LogP contribution in [0.3, 0.4) is 0 Å². The number of ether oxygens (including phenoxy) is 2. The highest BCUT2D eigenvalue weighted by Gasteiger charge is 2.23. The highest BCUT2D eigenvalue weighted by Crippen LogP contribution is 2.33. The molecule has 2 N–H and O–H groups in total. The Morgan fingerprint density at radius 2 is 0.943 bits per heavy atom. The molecule has 0 atom stereocenters. The van der Waals surface area contributed by atoms with Gasteiger partial charge in [-0.3, -0.25) is 9.59 Å². The van der Waals surface area contributed by atoms with E-state index in [1.54, 1.807) is 84.9 Å². The molecule has 0 aliphatic heterocycles. The maximum absolute atomic E-state index is 13.4. The van der Waals surface area contributed by atoms with E-state index in [0.717, 1.165) is 0 Å². The predicted octanol–water partition coefficient (Wildman–Crippen LogP) is 4.40. The van der Waals surface area contributed by atoms with Gasteiger partial charge in [0.15, 0.2) is 25.2 Å². The Balaban J connectivity index is 1.86. The van der Waals surface area contributed by atoms with Crippen molar-refractivity contribution in [3.63, 3.8) is 0 Å². The van der Waals surface area contributed by atoms with Gasteiger partial charge in [-0.05, 0) is 12.1 Å². The molecule has 0 aromatic heterocycles. The molecule has 0 unspecified atom stereocenters. The van der Waals surface area contributed by atoms with Crippen molar-refractivity contribution >= 4 is 11.6 Å². The van der Waals surface area contributed by atoms with Gasteiger partial charge in [-0.25, -0.2) is 0 Å². The minimum Gasteiger partial charge on any atom is -0.467 e. The second kappa shape index (κ2) is 11.2. The molecule has 6 heteroatoms. The zero-order valence-electron chi connectivity index (χ0n) is 18.9. The van der Waals surface area contributed by atoms with E-state index in [4.69, 9.17) is 9.47 Å². The van der Waals surface area contributed by atoms with Gasteiger partial charge in [-0.1, -0.05) is 84.9 Å². The van der Waals surface area contributed by atoms with Crippen molar-refractivity contribution in [3.05, 3.63) is 130 Å². The second-order valence-electron chi connectivity index (χ2n) is 7.68. The van der Waals surface area contributed by atoms with Crippen molar-refractivity contribution in [2.75, 3.05) is 13.6 Å². The number of aliphatic hydroxyl groups excluding tert-OH is 2. The van der Waals surface area contributed by atoms with E-state index < -0.39 is 13.6 Å². The van der Waals surface area contributed by atoms with E-state index >= 15 is 0 Å². The van der Waals surface area contributed by atoms with Gasteiger partial charge < -0.3 is 19.7 Å². The molecule has 0 saturated heterocycles. The third-order valence-electron chi connectivity index (χ3n) is 5.62. The van der Waals surface area contributed by atoms with Crippen molar-refractivity contribution in [1.29, 1.82) is 0 Å². The quantitative estimate of drug-likeness (QED) is 0.265. The van der Waals surface area contributed by atoms with Gasteiger partial charge in [0.25, 0.3) is 0 Å². The van der Waals surface area contributed by atoms with Gasteiger partial charge in [0.2, 0.25) is 0 Å². The number of hydrogen-bond acceptors (Lipinski definition) is 6. The fourth-order valence-corrected chi connectivity index (χ4v) is 4.00. The molecule has 0 bridgehead atoms. The molecule has 0 aliphatic carbocycles. The molecule has 0 fully saturated rings. The van der Waals surface area contributed by atoms with Crippen LogP contribution in [0.1, 0.15) is 43.0 Å². The Morgan fingerprint density at radius 1 is 0.543 bits per heavy atom. The van der Waals surface area contributed by atoms with Crippen LogP contribution in [-0.2, 0) is 6.42 Å².